The fourth-order valence-electron chi connectivity index (χ4n) is 5.48. The zero-order chi connectivity index (χ0) is 35.8. The minimum Gasteiger partial charge on any atom is -0.457 e. The lowest BCUT2D eigenvalue weighted by Crippen LogP contribution is -2.59. The molecule has 0 saturated carbocycles. The Hall–Kier alpha value is -1.85. The molecule has 6 atom stereocenters. The molecule has 1 aliphatic rings. The van der Waals surface area contributed by atoms with Crippen molar-refractivity contribution < 1.29 is 44.2 Å². The molecule has 0 aromatic rings. The first-order chi connectivity index (χ1) is 23.9. The highest BCUT2D eigenvalue weighted by molar-refractivity contribution is 5.69. The van der Waals surface area contributed by atoms with Gasteiger partial charge in [-0.25, -0.2) is 0 Å². The molecule has 1 saturated heterocycles. The molecule has 1 fully saturated rings. The average Bonchev–Trinajstić information content (AvgIpc) is 3.10. The number of allylic oxidation sites excluding steroid dienone is 8. The fraction of sp³-hybridized carbons (Fsp3) is 0.775. The minimum absolute atomic E-state index is 0.118. The van der Waals surface area contributed by atoms with E-state index in [1.165, 1.54) is 44.9 Å². The first-order valence-electron chi connectivity index (χ1n) is 19.2. The van der Waals surface area contributed by atoms with Crippen LogP contribution in [0.15, 0.2) is 48.6 Å². The molecule has 284 valence electrons. The lowest BCUT2D eigenvalue weighted by Gasteiger charge is -2.39. The van der Waals surface area contributed by atoms with Crippen molar-refractivity contribution in [1.29, 1.82) is 0 Å². The third-order valence-corrected chi connectivity index (χ3v) is 8.51. The first-order valence-corrected chi connectivity index (χ1v) is 19.2. The highest BCUT2D eigenvalue weighted by Crippen LogP contribution is 2.22. The Balaban J connectivity index is 2.15. The number of hydrogen-bond donors (Lipinski definition) is 4. The van der Waals surface area contributed by atoms with Gasteiger partial charge in [-0.2, -0.15) is 0 Å². The van der Waals surface area contributed by atoms with Crippen molar-refractivity contribution in [1.82, 2.24) is 0 Å². The molecular formula is C40H70O9. The summed E-state index contributed by atoms with van der Waals surface area (Å²) in [5, 5.41) is 39.7. The van der Waals surface area contributed by atoms with Gasteiger partial charge in [-0.3, -0.25) is 4.79 Å². The number of aliphatic hydroxyl groups excluding tert-OH is 4. The van der Waals surface area contributed by atoms with Crippen molar-refractivity contribution in [3.05, 3.63) is 48.6 Å². The fourth-order valence-corrected chi connectivity index (χ4v) is 5.48. The summed E-state index contributed by atoms with van der Waals surface area (Å²) in [6, 6.07) is 0. The lowest BCUT2D eigenvalue weighted by atomic mass is 9.99. The number of carbonyl (C=O) groups is 1. The molecule has 4 N–H and O–H groups in total. The van der Waals surface area contributed by atoms with Crippen molar-refractivity contribution in [2.45, 2.75) is 173 Å². The molecule has 9 nitrogen and oxygen atoms in total. The van der Waals surface area contributed by atoms with Crippen LogP contribution in [0.1, 0.15) is 136 Å². The normalized spacial score (nSPS) is 22.3. The van der Waals surface area contributed by atoms with E-state index in [1.54, 1.807) is 0 Å². The minimum atomic E-state index is -1.53. The second-order valence-electron chi connectivity index (χ2n) is 13.0. The second kappa shape index (κ2) is 32.1. The molecule has 0 radical (unpaired) electrons. The molecule has 0 aromatic carbocycles. The predicted octanol–water partition coefficient (Wildman–Crippen LogP) is 7.41. The molecule has 1 rings (SSSR count). The second-order valence-corrected chi connectivity index (χ2v) is 13.0. The third kappa shape index (κ3) is 24.1. The molecule has 1 aliphatic heterocycles. The van der Waals surface area contributed by atoms with Gasteiger partial charge in [0.15, 0.2) is 6.29 Å². The van der Waals surface area contributed by atoms with E-state index in [-0.39, 0.29) is 19.2 Å². The van der Waals surface area contributed by atoms with Crippen molar-refractivity contribution in [3.8, 4) is 0 Å². The number of hydrogen-bond acceptors (Lipinski definition) is 9. The van der Waals surface area contributed by atoms with E-state index >= 15 is 0 Å². The quantitative estimate of drug-likeness (QED) is 0.0333. The van der Waals surface area contributed by atoms with Gasteiger partial charge in [0.1, 0.15) is 30.5 Å². The Labute approximate surface area is 297 Å². The van der Waals surface area contributed by atoms with Gasteiger partial charge in [-0.15, -0.1) is 0 Å². The number of esters is 1. The highest BCUT2D eigenvalue weighted by atomic mass is 16.7. The van der Waals surface area contributed by atoms with Crippen LogP contribution in [-0.4, -0.2) is 89.6 Å². The summed E-state index contributed by atoms with van der Waals surface area (Å²) in [6.45, 7) is 4.28. The van der Waals surface area contributed by atoms with Crippen molar-refractivity contribution in [2.24, 2.45) is 0 Å². The van der Waals surface area contributed by atoms with Gasteiger partial charge < -0.3 is 39.4 Å². The summed E-state index contributed by atoms with van der Waals surface area (Å²) in [5.41, 5.74) is 0. The third-order valence-electron chi connectivity index (χ3n) is 8.51. The standard InChI is InChI=1S/C40H70O9/c1-3-5-7-9-10-11-12-13-14-15-16-17-18-19-20-21-22-23-24-25-26-28-30-46-32-34(48-36(42)29-27-8-6-4-2)33-47-40-39(45)38(44)37(43)35(31-41)49-40/h5,7,10-11,13-14,16-17,34-35,37-41,43-45H,3-4,6,8-9,12,15,18-33H2,1-2H3/b7-5-,11-10-,14-13-,17-16-. The predicted molar refractivity (Wildman–Crippen MR) is 196 cm³/mol. The van der Waals surface area contributed by atoms with Gasteiger partial charge in [-0.1, -0.05) is 127 Å². The zero-order valence-electron chi connectivity index (χ0n) is 30.7. The van der Waals surface area contributed by atoms with Gasteiger partial charge in [0.25, 0.3) is 0 Å². The molecular weight excluding hydrogens is 624 g/mol. The largest absolute Gasteiger partial charge is 0.457 e. The maximum atomic E-state index is 12.4. The number of ether oxygens (including phenoxy) is 4. The molecule has 0 aromatic heterocycles. The van der Waals surface area contributed by atoms with E-state index in [0.717, 1.165) is 70.6 Å². The van der Waals surface area contributed by atoms with E-state index in [2.05, 4.69) is 62.5 Å². The summed E-state index contributed by atoms with van der Waals surface area (Å²) in [6.07, 6.45) is 30.6. The topological polar surface area (TPSA) is 135 Å². The Morgan fingerprint density at radius 2 is 1.24 bits per heavy atom. The van der Waals surface area contributed by atoms with Gasteiger partial charge in [0.2, 0.25) is 0 Å². The smallest absolute Gasteiger partial charge is 0.306 e. The molecule has 0 amide bonds. The van der Waals surface area contributed by atoms with E-state index in [0.29, 0.717) is 13.0 Å². The average molecular weight is 695 g/mol. The molecule has 0 spiro atoms. The van der Waals surface area contributed by atoms with Gasteiger partial charge in [-0.05, 0) is 51.4 Å². The summed E-state index contributed by atoms with van der Waals surface area (Å²) < 4.78 is 22.5. The van der Waals surface area contributed by atoms with Crippen LogP contribution in [0.4, 0.5) is 0 Å². The van der Waals surface area contributed by atoms with Crippen LogP contribution in [0.3, 0.4) is 0 Å². The van der Waals surface area contributed by atoms with Crippen LogP contribution in [0.5, 0.6) is 0 Å². The highest BCUT2D eigenvalue weighted by Gasteiger charge is 2.44. The Morgan fingerprint density at radius 3 is 1.86 bits per heavy atom. The van der Waals surface area contributed by atoms with Gasteiger partial charge >= 0.3 is 5.97 Å². The van der Waals surface area contributed by atoms with Crippen LogP contribution in [0, 0.1) is 0 Å². The maximum absolute atomic E-state index is 12.4. The summed E-state index contributed by atoms with van der Waals surface area (Å²) >= 11 is 0. The van der Waals surface area contributed by atoms with Gasteiger partial charge in [0.05, 0.1) is 19.8 Å². The van der Waals surface area contributed by atoms with Crippen LogP contribution < -0.4 is 0 Å². The van der Waals surface area contributed by atoms with Crippen molar-refractivity contribution >= 4 is 5.97 Å². The zero-order valence-corrected chi connectivity index (χ0v) is 30.7. The Bertz CT molecular complexity index is 885. The SMILES string of the molecule is CC/C=C\C/C=C\C/C=C\C/C=C\CCCCCCCCCCCOCC(COC1OC(CO)C(O)C(O)C1O)OC(=O)CCCCCC. The summed E-state index contributed by atoms with van der Waals surface area (Å²) in [5.74, 6) is -0.336. The maximum Gasteiger partial charge on any atom is 0.306 e. The van der Waals surface area contributed by atoms with E-state index in [1.807, 2.05) is 0 Å². The van der Waals surface area contributed by atoms with E-state index in [4.69, 9.17) is 18.9 Å². The number of aliphatic hydroxyl groups is 4. The number of carbonyl (C=O) groups excluding carboxylic acids is 1. The molecule has 1 heterocycles. The van der Waals surface area contributed by atoms with Crippen molar-refractivity contribution in [2.75, 3.05) is 26.4 Å². The Morgan fingerprint density at radius 1 is 0.673 bits per heavy atom. The number of unbranched alkanes of at least 4 members (excludes halogenated alkanes) is 12. The van der Waals surface area contributed by atoms with Crippen molar-refractivity contribution in [3.63, 3.8) is 0 Å². The molecule has 9 heteroatoms. The first kappa shape index (κ1) is 45.2. The van der Waals surface area contributed by atoms with Crippen LogP contribution >= 0.6 is 0 Å². The summed E-state index contributed by atoms with van der Waals surface area (Å²) in [4.78, 5) is 12.4. The lowest BCUT2D eigenvalue weighted by molar-refractivity contribution is -0.305. The molecule has 0 bridgehead atoms. The number of rotatable bonds is 31. The van der Waals surface area contributed by atoms with Crippen LogP contribution in [-0.2, 0) is 23.7 Å². The monoisotopic (exact) mass is 695 g/mol. The summed E-state index contributed by atoms with van der Waals surface area (Å²) in [7, 11) is 0. The Kier molecular flexibility index (Phi) is 29.6. The van der Waals surface area contributed by atoms with E-state index < -0.39 is 43.4 Å². The molecule has 49 heavy (non-hydrogen) atoms. The molecule has 6 unspecified atom stereocenters. The van der Waals surface area contributed by atoms with E-state index in [9.17, 15) is 25.2 Å². The van der Waals surface area contributed by atoms with Crippen LogP contribution in [0.2, 0.25) is 0 Å². The van der Waals surface area contributed by atoms with Crippen LogP contribution in [0.25, 0.3) is 0 Å². The molecule has 0 aliphatic carbocycles. The van der Waals surface area contributed by atoms with Gasteiger partial charge in [0, 0.05) is 13.0 Å².